The van der Waals surface area contributed by atoms with Crippen LogP contribution in [0.5, 0.6) is 0 Å². The number of rotatable bonds is 1. The van der Waals surface area contributed by atoms with E-state index < -0.39 is 0 Å². The summed E-state index contributed by atoms with van der Waals surface area (Å²) in [5, 5.41) is 0. The van der Waals surface area contributed by atoms with E-state index in [0.29, 0.717) is 11.5 Å². The van der Waals surface area contributed by atoms with Gasteiger partial charge in [0.1, 0.15) is 0 Å². The van der Waals surface area contributed by atoms with E-state index in [9.17, 15) is 0 Å². The monoisotopic (exact) mass is 169 g/mol. The van der Waals surface area contributed by atoms with Gasteiger partial charge in [-0.15, -0.1) is 0 Å². The molecule has 0 spiro atoms. The highest BCUT2D eigenvalue weighted by atomic mass is 14.7. The summed E-state index contributed by atoms with van der Waals surface area (Å²) in [6.07, 6.45) is 3.88. The van der Waals surface area contributed by atoms with Crippen molar-refractivity contribution < 1.29 is 0 Å². The van der Waals surface area contributed by atoms with Crippen molar-refractivity contribution in [2.45, 2.75) is 53.0 Å². The highest BCUT2D eigenvalue weighted by Crippen LogP contribution is 2.39. The third kappa shape index (κ3) is 2.22. The van der Waals surface area contributed by atoms with Crippen LogP contribution in [0, 0.1) is 17.3 Å². The Morgan fingerprint density at radius 3 is 2.33 bits per heavy atom. The second kappa shape index (κ2) is 3.37. The first kappa shape index (κ1) is 10.0. The van der Waals surface area contributed by atoms with Crippen LogP contribution in [0.15, 0.2) is 0 Å². The molecule has 72 valence electrons. The topological polar surface area (TPSA) is 26.0 Å². The Bertz CT molecular complexity index is 149. The van der Waals surface area contributed by atoms with Crippen molar-refractivity contribution in [3.05, 3.63) is 0 Å². The van der Waals surface area contributed by atoms with Gasteiger partial charge in [-0.3, -0.25) is 0 Å². The molecule has 1 fully saturated rings. The molecular weight excluding hydrogens is 146 g/mol. The van der Waals surface area contributed by atoms with Crippen LogP contribution < -0.4 is 5.73 Å². The van der Waals surface area contributed by atoms with E-state index in [2.05, 4.69) is 27.7 Å². The highest BCUT2D eigenvalue weighted by molar-refractivity contribution is 4.88. The van der Waals surface area contributed by atoms with Crippen LogP contribution in [0.25, 0.3) is 0 Å². The Balaban J connectivity index is 2.54. The predicted octanol–water partition coefficient (Wildman–Crippen LogP) is 2.80. The Morgan fingerprint density at radius 1 is 1.33 bits per heavy atom. The van der Waals surface area contributed by atoms with Gasteiger partial charge in [-0.25, -0.2) is 0 Å². The molecule has 0 saturated heterocycles. The average Bonchev–Trinajstić information content (AvgIpc) is 1.83. The molecule has 12 heavy (non-hydrogen) atoms. The van der Waals surface area contributed by atoms with E-state index in [-0.39, 0.29) is 0 Å². The molecule has 0 aliphatic heterocycles. The lowest BCUT2D eigenvalue weighted by Gasteiger charge is -2.40. The summed E-state index contributed by atoms with van der Waals surface area (Å²) in [6, 6.07) is 0.439. The molecule has 1 heteroatoms. The second-order valence-corrected chi connectivity index (χ2v) is 5.48. The highest BCUT2D eigenvalue weighted by Gasteiger charge is 2.33. The maximum absolute atomic E-state index is 6.16. The molecule has 0 heterocycles. The number of hydrogen-bond donors (Lipinski definition) is 1. The van der Waals surface area contributed by atoms with Crippen molar-refractivity contribution in [2.75, 3.05) is 0 Å². The Kier molecular flexibility index (Phi) is 2.82. The average molecular weight is 169 g/mol. The first-order valence-electron chi connectivity index (χ1n) is 5.18. The lowest BCUT2D eigenvalue weighted by Crippen LogP contribution is -2.42. The van der Waals surface area contributed by atoms with Crippen molar-refractivity contribution in [1.29, 1.82) is 0 Å². The van der Waals surface area contributed by atoms with E-state index >= 15 is 0 Å². The van der Waals surface area contributed by atoms with Crippen molar-refractivity contribution in [1.82, 2.24) is 0 Å². The summed E-state index contributed by atoms with van der Waals surface area (Å²) in [7, 11) is 0. The van der Waals surface area contributed by atoms with Gasteiger partial charge in [0.2, 0.25) is 0 Å². The lowest BCUT2D eigenvalue weighted by molar-refractivity contribution is 0.134. The molecule has 1 aliphatic carbocycles. The fourth-order valence-corrected chi connectivity index (χ4v) is 2.49. The van der Waals surface area contributed by atoms with Crippen LogP contribution in [-0.4, -0.2) is 6.04 Å². The number of hydrogen-bond acceptors (Lipinski definition) is 1. The van der Waals surface area contributed by atoms with Gasteiger partial charge in [-0.2, -0.15) is 0 Å². The fraction of sp³-hybridized carbons (Fsp3) is 1.00. The van der Waals surface area contributed by atoms with Crippen molar-refractivity contribution in [3.8, 4) is 0 Å². The summed E-state index contributed by atoms with van der Waals surface area (Å²) < 4.78 is 0. The van der Waals surface area contributed by atoms with Crippen LogP contribution in [0.2, 0.25) is 0 Å². The maximum Gasteiger partial charge on any atom is 0.00746 e. The van der Waals surface area contributed by atoms with E-state index in [1.165, 1.54) is 19.3 Å². The van der Waals surface area contributed by atoms with E-state index in [0.717, 1.165) is 11.8 Å². The normalized spacial score (nSPS) is 35.5. The van der Waals surface area contributed by atoms with Gasteiger partial charge in [0.25, 0.3) is 0 Å². The molecule has 0 radical (unpaired) electrons. The number of nitrogens with two attached hydrogens (primary N) is 1. The molecule has 1 saturated carbocycles. The van der Waals surface area contributed by atoms with Gasteiger partial charge in [0, 0.05) is 6.04 Å². The predicted molar refractivity (Wildman–Crippen MR) is 53.9 cm³/mol. The smallest absolute Gasteiger partial charge is 0.00746 e. The van der Waals surface area contributed by atoms with Crippen molar-refractivity contribution in [2.24, 2.45) is 23.0 Å². The first-order valence-corrected chi connectivity index (χ1v) is 5.18. The van der Waals surface area contributed by atoms with Gasteiger partial charge in [-0.05, 0) is 36.5 Å². The standard InChI is InChI=1S/C11H23N/c1-8(2)9-5-6-11(3,4)7-10(9)12/h8-10H,5-7,12H2,1-4H3/t9?,10-/m1/s1. The zero-order valence-corrected chi connectivity index (χ0v) is 8.93. The maximum atomic E-state index is 6.16. The van der Waals surface area contributed by atoms with Crippen molar-refractivity contribution in [3.63, 3.8) is 0 Å². The third-order valence-electron chi connectivity index (χ3n) is 3.35. The molecule has 2 N–H and O–H groups in total. The summed E-state index contributed by atoms with van der Waals surface area (Å²) >= 11 is 0. The minimum Gasteiger partial charge on any atom is -0.327 e. The molecule has 0 aromatic heterocycles. The van der Waals surface area contributed by atoms with Gasteiger partial charge < -0.3 is 5.73 Å². The molecule has 1 unspecified atom stereocenters. The molecule has 0 amide bonds. The van der Waals surface area contributed by atoms with Gasteiger partial charge in [0.15, 0.2) is 0 Å². The second-order valence-electron chi connectivity index (χ2n) is 5.48. The molecule has 1 nitrogen and oxygen atoms in total. The minimum atomic E-state index is 0.439. The Hall–Kier alpha value is -0.0400. The van der Waals surface area contributed by atoms with Crippen LogP contribution in [0.3, 0.4) is 0 Å². The molecule has 2 atom stereocenters. The third-order valence-corrected chi connectivity index (χ3v) is 3.35. The minimum absolute atomic E-state index is 0.439. The summed E-state index contributed by atoms with van der Waals surface area (Å²) in [5.74, 6) is 1.52. The summed E-state index contributed by atoms with van der Waals surface area (Å²) in [5.41, 5.74) is 6.65. The fourth-order valence-electron chi connectivity index (χ4n) is 2.49. The van der Waals surface area contributed by atoms with Gasteiger partial charge in [-0.1, -0.05) is 27.7 Å². The zero-order valence-electron chi connectivity index (χ0n) is 8.93. The summed E-state index contributed by atoms with van der Waals surface area (Å²) in [4.78, 5) is 0. The van der Waals surface area contributed by atoms with Crippen molar-refractivity contribution >= 4 is 0 Å². The lowest BCUT2D eigenvalue weighted by atomic mass is 9.67. The van der Waals surface area contributed by atoms with Crippen LogP contribution in [0.4, 0.5) is 0 Å². The Labute approximate surface area is 76.7 Å². The molecule has 0 bridgehead atoms. The zero-order chi connectivity index (χ0) is 9.35. The van der Waals surface area contributed by atoms with Crippen LogP contribution in [-0.2, 0) is 0 Å². The first-order chi connectivity index (χ1) is 5.42. The van der Waals surface area contributed by atoms with Gasteiger partial charge >= 0.3 is 0 Å². The quantitative estimate of drug-likeness (QED) is 0.642. The molecular formula is C11H23N. The largest absolute Gasteiger partial charge is 0.327 e. The molecule has 0 aromatic carbocycles. The molecule has 1 rings (SSSR count). The van der Waals surface area contributed by atoms with Crippen LogP contribution in [0.1, 0.15) is 47.0 Å². The summed E-state index contributed by atoms with van der Waals surface area (Å²) in [6.45, 7) is 9.26. The van der Waals surface area contributed by atoms with E-state index in [1.807, 2.05) is 0 Å². The Morgan fingerprint density at radius 2 is 1.92 bits per heavy atom. The van der Waals surface area contributed by atoms with Crippen LogP contribution >= 0.6 is 0 Å². The SMILES string of the molecule is CC(C)C1CCC(C)(C)C[C@H]1N. The molecule has 0 aromatic rings. The van der Waals surface area contributed by atoms with E-state index in [4.69, 9.17) is 5.73 Å². The van der Waals surface area contributed by atoms with E-state index in [1.54, 1.807) is 0 Å². The van der Waals surface area contributed by atoms with Gasteiger partial charge in [0.05, 0.1) is 0 Å². The molecule has 1 aliphatic rings.